The summed E-state index contributed by atoms with van der Waals surface area (Å²) in [7, 11) is 0. The van der Waals surface area contributed by atoms with Gasteiger partial charge in [0, 0.05) is 6.54 Å². The lowest BCUT2D eigenvalue weighted by atomic mass is 10.1. The van der Waals surface area contributed by atoms with Gasteiger partial charge in [0.15, 0.2) is 0 Å². The lowest BCUT2D eigenvalue weighted by Crippen LogP contribution is -2.37. The summed E-state index contributed by atoms with van der Waals surface area (Å²) < 4.78 is 0. The Kier molecular flexibility index (Phi) is 4.37. The van der Waals surface area contributed by atoms with Crippen LogP contribution in [-0.2, 0) is 4.79 Å². The monoisotopic (exact) mass is 235 g/mol. The topological polar surface area (TPSA) is 72.3 Å². The van der Waals surface area contributed by atoms with E-state index in [2.05, 4.69) is 13.8 Å². The molecule has 4 nitrogen and oxygen atoms in total. The summed E-state index contributed by atoms with van der Waals surface area (Å²) in [6.07, 6.45) is 0. The van der Waals surface area contributed by atoms with Crippen molar-refractivity contribution in [1.82, 2.24) is 0 Å². The molecule has 0 radical (unpaired) electrons. The molecule has 0 saturated carbocycles. The van der Waals surface area contributed by atoms with Gasteiger partial charge in [0.1, 0.15) is 0 Å². The molecule has 0 spiro atoms. The minimum Gasteiger partial charge on any atom is -0.397 e. The SMILES string of the molecule is Cc1cccc(N)c1N(CC(N)=O)CC(C)C. The molecule has 1 aromatic carbocycles. The van der Waals surface area contributed by atoms with Crippen LogP contribution in [0, 0.1) is 12.8 Å². The van der Waals surface area contributed by atoms with Crippen molar-refractivity contribution in [2.45, 2.75) is 20.8 Å². The highest BCUT2D eigenvalue weighted by Crippen LogP contribution is 2.27. The quantitative estimate of drug-likeness (QED) is 0.760. The van der Waals surface area contributed by atoms with Crippen molar-refractivity contribution in [2.75, 3.05) is 23.7 Å². The molecule has 0 aliphatic carbocycles. The van der Waals surface area contributed by atoms with Gasteiger partial charge in [-0.05, 0) is 24.5 Å². The first kappa shape index (κ1) is 13.4. The molecule has 17 heavy (non-hydrogen) atoms. The van der Waals surface area contributed by atoms with Crippen molar-refractivity contribution in [1.29, 1.82) is 0 Å². The van der Waals surface area contributed by atoms with Gasteiger partial charge in [-0.2, -0.15) is 0 Å². The molecular formula is C13H21N3O. The van der Waals surface area contributed by atoms with E-state index >= 15 is 0 Å². The van der Waals surface area contributed by atoms with Crippen LogP contribution in [0.1, 0.15) is 19.4 Å². The number of aryl methyl sites for hydroxylation is 1. The summed E-state index contributed by atoms with van der Waals surface area (Å²) in [6.45, 7) is 7.15. The van der Waals surface area contributed by atoms with Crippen LogP contribution in [0.15, 0.2) is 18.2 Å². The third-order valence-electron chi connectivity index (χ3n) is 2.52. The Bertz CT molecular complexity index is 381. The Hall–Kier alpha value is -1.71. The van der Waals surface area contributed by atoms with Crippen LogP contribution in [0.5, 0.6) is 0 Å². The summed E-state index contributed by atoms with van der Waals surface area (Å²) in [5, 5.41) is 0. The van der Waals surface area contributed by atoms with Gasteiger partial charge >= 0.3 is 0 Å². The van der Waals surface area contributed by atoms with Gasteiger partial charge in [-0.15, -0.1) is 0 Å². The highest BCUT2D eigenvalue weighted by molar-refractivity contribution is 5.82. The average Bonchev–Trinajstić information content (AvgIpc) is 2.14. The van der Waals surface area contributed by atoms with Crippen molar-refractivity contribution < 1.29 is 4.79 Å². The number of hydrogen-bond donors (Lipinski definition) is 2. The highest BCUT2D eigenvalue weighted by atomic mass is 16.1. The maximum Gasteiger partial charge on any atom is 0.236 e. The summed E-state index contributed by atoms with van der Waals surface area (Å²) in [5.41, 5.74) is 13.9. The fourth-order valence-corrected chi connectivity index (χ4v) is 1.98. The number of primary amides is 1. The number of rotatable bonds is 5. The van der Waals surface area contributed by atoms with E-state index in [0.717, 1.165) is 17.8 Å². The van der Waals surface area contributed by atoms with Crippen LogP contribution in [0.3, 0.4) is 0 Å². The van der Waals surface area contributed by atoms with E-state index < -0.39 is 0 Å². The molecule has 0 bridgehead atoms. The molecule has 0 aromatic heterocycles. The lowest BCUT2D eigenvalue weighted by Gasteiger charge is -2.28. The van der Waals surface area contributed by atoms with Crippen molar-refractivity contribution in [3.63, 3.8) is 0 Å². The van der Waals surface area contributed by atoms with Gasteiger partial charge in [-0.1, -0.05) is 26.0 Å². The summed E-state index contributed by atoms with van der Waals surface area (Å²) in [4.78, 5) is 13.1. The number of hydrogen-bond acceptors (Lipinski definition) is 3. The predicted molar refractivity (Wildman–Crippen MR) is 71.8 cm³/mol. The Morgan fingerprint density at radius 3 is 2.53 bits per heavy atom. The van der Waals surface area contributed by atoms with Gasteiger partial charge in [0.05, 0.1) is 17.9 Å². The van der Waals surface area contributed by atoms with E-state index in [9.17, 15) is 4.79 Å². The first-order valence-electron chi connectivity index (χ1n) is 5.80. The van der Waals surface area contributed by atoms with Crippen molar-refractivity contribution in [2.24, 2.45) is 11.7 Å². The Balaban J connectivity index is 3.07. The second kappa shape index (κ2) is 5.57. The van der Waals surface area contributed by atoms with E-state index in [1.165, 1.54) is 0 Å². The normalized spacial score (nSPS) is 10.6. The maximum atomic E-state index is 11.1. The van der Waals surface area contributed by atoms with Crippen LogP contribution in [-0.4, -0.2) is 19.0 Å². The minimum absolute atomic E-state index is 0.202. The molecule has 1 aromatic rings. The molecule has 4 heteroatoms. The smallest absolute Gasteiger partial charge is 0.236 e. The van der Waals surface area contributed by atoms with Crippen LogP contribution in [0.2, 0.25) is 0 Å². The molecule has 0 atom stereocenters. The maximum absolute atomic E-state index is 11.1. The second-order valence-corrected chi connectivity index (χ2v) is 4.75. The van der Waals surface area contributed by atoms with E-state index in [1.807, 2.05) is 30.0 Å². The van der Waals surface area contributed by atoms with Crippen molar-refractivity contribution in [3.05, 3.63) is 23.8 Å². The number of nitrogen functional groups attached to an aromatic ring is 1. The number of nitrogens with two attached hydrogens (primary N) is 2. The van der Waals surface area contributed by atoms with Gasteiger partial charge in [0.25, 0.3) is 0 Å². The zero-order valence-electron chi connectivity index (χ0n) is 10.7. The van der Waals surface area contributed by atoms with Gasteiger partial charge in [0.2, 0.25) is 5.91 Å². The largest absolute Gasteiger partial charge is 0.397 e. The molecule has 0 fully saturated rings. The minimum atomic E-state index is -0.340. The lowest BCUT2D eigenvalue weighted by molar-refractivity contribution is -0.116. The number of nitrogens with zero attached hydrogens (tertiary/aromatic N) is 1. The number of anilines is 2. The van der Waals surface area contributed by atoms with E-state index in [4.69, 9.17) is 11.5 Å². The predicted octanol–water partition coefficient (Wildman–Crippen LogP) is 1.52. The first-order valence-corrected chi connectivity index (χ1v) is 5.80. The summed E-state index contributed by atoms with van der Waals surface area (Å²) in [5.74, 6) is 0.0988. The third kappa shape index (κ3) is 3.66. The zero-order valence-corrected chi connectivity index (χ0v) is 10.7. The molecule has 0 aliphatic rings. The highest BCUT2D eigenvalue weighted by Gasteiger charge is 2.15. The van der Waals surface area contributed by atoms with Crippen LogP contribution >= 0.6 is 0 Å². The van der Waals surface area contributed by atoms with Crippen LogP contribution in [0.25, 0.3) is 0 Å². The van der Waals surface area contributed by atoms with E-state index in [-0.39, 0.29) is 12.5 Å². The average molecular weight is 235 g/mol. The molecule has 1 rings (SSSR count). The number of amides is 1. The van der Waals surface area contributed by atoms with Crippen LogP contribution < -0.4 is 16.4 Å². The zero-order chi connectivity index (χ0) is 13.0. The van der Waals surface area contributed by atoms with E-state index in [0.29, 0.717) is 11.6 Å². The molecule has 1 amide bonds. The number of para-hydroxylation sites is 1. The molecule has 0 aliphatic heterocycles. The van der Waals surface area contributed by atoms with Gasteiger partial charge in [-0.3, -0.25) is 4.79 Å². The third-order valence-corrected chi connectivity index (χ3v) is 2.52. The molecule has 0 heterocycles. The summed E-state index contributed by atoms with van der Waals surface area (Å²) in [6, 6.07) is 5.74. The van der Waals surface area contributed by atoms with Gasteiger partial charge < -0.3 is 16.4 Å². The first-order chi connectivity index (χ1) is 7.91. The molecule has 4 N–H and O–H groups in total. The summed E-state index contributed by atoms with van der Waals surface area (Å²) >= 11 is 0. The number of benzene rings is 1. The fourth-order valence-electron chi connectivity index (χ4n) is 1.98. The fraction of sp³-hybridized carbons (Fsp3) is 0.462. The number of carbonyl (C=O) groups is 1. The van der Waals surface area contributed by atoms with Crippen molar-refractivity contribution >= 4 is 17.3 Å². The molecule has 0 unspecified atom stereocenters. The van der Waals surface area contributed by atoms with E-state index in [1.54, 1.807) is 0 Å². The Morgan fingerprint density at radius 2 is 2.06 bits per heavy atom. The molecule has 0 saturated heterocycles. The molecular weight excluding hydrogens is 214 g/mol. The number of carbonyl (C=O) groups excluding carboxylic acids is 1. The van der Waals surface area contributed by atoms with Gasteiger partial charge in [-0.25, -0.2) is 0 Å². The molecule has 94 valence electrons. The van der Waals surface area contributed by atoms with Crippen LogP contribution in [0.4, 0.5) is 11.4 Å². The Morgan fingerprint density at radius 1 is 1.41 bits per heavy atom. The Labute approximate surface area is 103 Å². The second-order valence-electron chi connectivity index (χ2n) is 4.75. The van der Waals surface area contributed by atoms with Crippen molar-refractivity contribution in [3.8, 4) is 0 Å². The standard InChI is InChI=1S/C13H21N3O/c1-9(2)7-16(8-12(15)17)13-10(3)5-4-6-11(13)14/h4-6,9H,7-8,14H2,1-3H3,(H2,15,17).